The van der Waals surface area contributed by atoms with Gasteiger partial charge in [0.15, 0.2) is 0 Å². The maximum absolute atomic E-state index is 11.4. The lowest BCUT2D eigenvalue weighted by Gasteiger charge is -2.08. The summed E-state index contributed by atoms with van der Waals surface area (Å²) < 4.78 is 2.07. The molecular weight excluding hydrogens is 318 g/mol. The van der Waals surface area contributed by atoms with Gasteiger partial charge in [-0.2, -0.15) is 0 Å². The van der Waals surface area contributed by atoms with Crippen molar-refractivity contribution in [2.24, 2.45) is 0 Å². The van der Waals surface area contributed by atoms with E-state index in [4.69, 9.17) is 0 Å². The SMILES string of the molecule is CN(C)C(=O)Cc1cc(Br)sc1Br. The molecule has 0 aromatic carbocycles. The number of carbonyl (C=O) groups is 1. The predicted octanol–water partition coefficient (Wildman–Crippen LogP) is 2.90. The second-order valence-electron chi connectivity index (χ2n) is 2.81. The molecule has 0 unspecified atom stereocenters. The minimum atomic E-state index is 0.117. The molecule has 72 valence electrons. The van der Waals surface area contributed by atoms with E-state index in [1.807, 2.05) is 6.07 Å². The summed E-state index contributed by atoms with van der Waals surface area (Å²) in [5.74, 6) is 0.117. The average Bonchev–Trinajstić information content (AvgIpc) is 2.30. The van der Waals surface area contributed by atoms with Crippen LogP contribution in [0.1, 0.15) is 5.56 Å². The van der Waals surface area contributed by atoms with Crippen molar-refractivity contribution in [3.8, 4) is 0 Å². The first-order chi connectivity index (χ1) is 6.00. The van der Waals surface area contributed by atoms with Crippen LogP contribution < -0.4 is 0 Å². The van der Waals surface area contributed by atoms with Crippen LogP contribution in [0.4, 0.5) is 0 Å². The van der Waals surface area contributed by atoms with Gasteiger partial charge in [-0.3, -0.25) is 4.79 Å². The molecule has 0 N–H and O–H groups in total. The second kappa shape index (κ2) is 4.57. The van der Waals surface area contributed by atoms with E-state index in [1.54, 1.807) is 30.3 Å². The third-order valence-corrected chi connectivity index (χ3v) is 4.03. The Kier molecular flexibility index (Phi) is 3.94. The smallest absolute Gasteiger partial charge is 0.226 e. The minimum absolute atomic E-state index is 0.117. The Balaban J connectivity index is 2.74. The van der Waals surface area contributed by atoms with E-state index in [9.17, 15) is 4.79 Å². The molecule has 0 aliphatic rings. The van der Waals surface area contributed by atoms with E-state index in [0.29, 0.717) is 6.42 Å². The topological polar surface area (TPSA) is 20.3 Å². The summed E-state index contributed by atoms with van der Waals surface area (Å²) in [6, 6.07) is 1.97. The van der Waals surface area contributed by atoms with E-state index in [-0.39, 0.29) is 5.91 Å². The van der Waals surface area contributed by atoms with Crippen LogP contribution in [0, 0.1) is 0 Å². The number of nitrogens with zero attached hydrogens (tertiary/aromatic N) is 1. The molecule has 0 aliphatic carbocycles. The monoisotopic (exact) mass is 325 g/mol. The fourth-order valence-electron chi connectivity index (χ4n) is 0.816. The van der Waals surface area contributed by atoms with Crippen molar-refractivity contribution < 1.29 is 4.79 Å². The molecular formula is C8H9Br2NOS. The van der Waals surface area contributed by atoms with Crippen molar-refractivity contribution in [1.29, 1.82) is 0 Å². The summed E-state index contributed by atoms with van der Waals surface area (Å²) in [4.78, 5) is 13.0. The van der Waals surface area contributed by atoms with Crippen LogP contribution in [0.3, 0.4) is 0 Å². The van der Waals surface area contributed by atoms with E-state index in [2.05, 4.69) is 31.9 Å². The number of rotatable bonds is 2. The maximum Gasteiger partial charge on any atom is 0.226 e. The molecule has 0 saturated heterocycles. The molecule has 5 heteroatoms. The molecule has 1 aromatic rings. The number of carbonyl (C=O) groups excluding carboxylic acids is 1. The Morgan fingerprint density at radius 1 is 1.54 bits per heavy atom. The third-order valence-electron chi connectivity index (χ3n) is 1.57. The molecule has 0 spiro atoms. The van der Waals surface area contributed by atoms with Crippen molar-refractivity contribution >= 4 is 49.1 Å². The first-order valence-electron chi connectivity index (χ1n) is 3.64. The van der Waals surface area contributed by atoms with Gasteiger partial charge in [0.1, 0.15) is 0 Å². The fraction of sp³-hybridized carbons (Fsp3) is 0.375. The number of likely N-dealkylation sites (N-methyl/N-ethyl adjacent to an activating group) is 1. The molecule has 1 amide bonds. The van der Waals surface area contributed by atoms with Crippen LogP contribution in [-0.4, -0.2) is 24.9 Å². The molecule has 13 heavy (non-hydrogen) atoms. The van der Waals surface area contributed by atoms with Gasteiger partial charge in [-0.25, -0.2) is 0 Å². The summed E-state index contributed by atoms with van der Waals surface area (Å²) >= 11 is 8.37. The number of amides is 1. The average molecular weight is 327 g/mol. The second-order valence-corrected chi connectivity index (χ2v) is 6.56. The highest BCUT2D eigenvalue weighted by Crippen LogP contribution is 2.32. The van der Waals surface area contributed by atoms with Gasteiger partial charge in [0.25, 0.3) is 0 Å². The maximum atomic E-state index is 11.4. The Labute approximate surface area is 98.2 Å². The molecule has 1 heterocycles. The molecule has 0 saturated carbocycles. The van der Waals surface area contributed by atoms with Gasteiger partial charge in [0.05, 0.1) is 14.0 Å². The largest absolute Gasteiger partial charge is 0.349 e. The fourth-order valence-corrected chi connectivity index (χ4v) is 3.64. The van der Waals surface area contributed by atoms with Gasteiger partial charge in [-0.05, 0) is 43.5 Å². The van der Waals surface area contributed by atoms with Crippen LogP contribution in [-0.2, 0) is 11.2 Å². The molecule has 0 atom stereocenters. The quantitative estimate of drug-likeness (QED) is 0.818. The summed E-state index contributed by atoms with van der Waals surface area (Å²) in [6.45, 7) is 0. The zero-order chi connectivity index (χ0) is 10.0. The zero-order valence-electron chi connectivity index (χ0n) is 7.30. The summed E-state index contributed by atoms with van der Waals surface area (Å²) in [5, 5.41) is 0. The number of hydrogen-bond donors (Lipinski definition) is 0. The first kappa shape index (κ1) is 11.2. The number of thiophene rings is 1. The van der Waals surface area contributed by atoms with Crippen molar-refractivity contribution in [2.75, 3.05) is 14.1 Å². The molecule has 0 aliphatic heterocycles. The van der Waals surface area contributed by atoms with Crippen LogP contribution in [0.15, 0.2) is 13.6 Å². The van der Waals surface area contributed by atoms with Gasteiger partial charge >= 0.3 is 0 Å². The van der Waals surface area contributed by atoms with Crippen LogP contribution >= 0.6 is 43.2 Å². The van der Waals surface area contributed by atoms with Crippen molar-refractivity contribution in [1.82, 2.24) is 4.90 Å². The van der Waals surface area contributed by atoms with Crippen molar-refractivity contribution in [2.45, 2.75) is 6.42 Å². The van der Waals surface area contributed by atoms with Crippen molar-refractivity contribution in [3.05, 3.63) is 19.2 Å². The van der Waals surface area contributed by atoms with Gasteiger partial charge in [-0.1, -0.05) is 0 Å². The van der Waals surface area contributed by atoms with Gasteiger partial charge < -0.3 is 4.90 Å². The number of hydrogen-bond acceptors (Lipinski definition) is 2. The lowest BCUT2D eigenvalue weighted by Crippen LogP contribution is -2.23. The Hall–Kier alpha value is 0.130. The molecule has 0 fully saturated rings. The third kappa shape index (κ3) is 3.07. The minimum Gasteiger partial charge on any atom is -0.349 e. The lowest BCUT2D eigenvalue weighted by molar-refractivity contribution is -0.127. The van der Waals surface area contributed by atoms with Gasteiger partial charge in [0, 0.05) is 14.1 Å². The highest BCUT2D eigenvalue weighted by Gasteiger charge is 2.11. The molecule has 1 aromatic heterocycles. The molecule has 0 radical (unpaired) electrons. The lowest BCUT2D eigenvalue weighted by atomic mass is 10.2. The zero-order valence-corrected chi connectivity index (χ0v) is 11.3. The number of halogens is 2. The summed E-state index contributed by atoms with van der Waals surface area (Å²) in [7, 11) is 3.52. The van der Waals surface area contributed by atoms with Gasteiger partial charge in [0.2, 0.25) is 5.91 Å². The van der Waals surface area contributed by atoms with E-state index < -0.39 is 0 Å². The normalized spacial score (nSPS) is 10.2. The van der Waals surface area contributed by atoms with Gasteiger partial charge in [-0.15, -0.1) is 11.3 Å². The van der Waals surface area contributed by atoms with E-state index in [0.717, 1.165) is 13.1 Å². The highest BCUT2D eigenvalue weighted by atomic mass is 79.9. The highest BCUT2D eigenvalue weighted by molar-refractivity contribution is 9.12. The van der Waals surface area contributed by atoms with E-state index >= 15 is 0 Å². The Bertz CT molecular complexity index is 322. The molecule has 2 nitrogen and oxygen atoms in total. The Morgan fingerprint density at radius 3 is 2.54 bits per heavy atom. The standard InChI is InChI=1S/C8H9Br2NOS/c1-11(2)7(12)4-5-3-6(9)13-8(5)10/h3H,4H2,1-2H3. The van der Waals surface area contributed by atoms with E-state index in [1.165, 1.54) is 0 Å². The molecule has 0 bridgehead atoms. The molecule has 1 rings (SSSR count). The van der Waals surface area contributed by atoms with Crippen LogP contribution in [0.25, 0.3) is 0 Å². The Morgan fingerprint density at radius 2 is 2.15 bits per heavy atom. The first-order valence-corrected chi connectivity index (χ1v) is 6.05. The summed E-state index contributed by atoms with van der Waals surface area (Å²) in [6.07, 6.45) is 0.454. The summed E-state index contributed by atoms with van der Waals surface area (Å²) in [5.41, 5.74) is 1.04. The van der Waals surface area contributed by atoms with Crippen LogP contribution in [0.2, 0.25) is 0 Å². The predicted molar refractivity (Wildman–Crippen MR) is 62.1 cm³/mol. The van der Waals surface area contributed by atoms with Crippen molar-refractivity contribution in [3.63, 3.8) is 0 Å². The van der Waals surface area contributed by atoms with Crippen LogP contribution in [0.5, 0.6) is 0 Å².